The highest BCUT2D eigenvalue weighted by Crippen LogP contribution is 2.37. The first-order chi connectivity index (χ1) is 13.7. The van der Waals surface area contributed by atoms with Gasteiger partial charge in [0, 0.05) is 0 Å². The third-order valence-electron chi connectivity index (χ3n) is 5.64. The number of fused-ring (bicyclic) bond motifs is 1. The van der Waals surface area contributed by atoms with E-state index in [-0.39, 0.29) is 11.6 Å². The summed E-state index contributed by atoms with van der Waals surface area (Å²) in [6, 6.07) is 13.2. The number of aliphatic hydroxyl groups excluding tert-OH is 1. The lowest BCUT2D eigenvalue weighted by Crippen LogP contribution is -2.46. The van der Waals surface area contributed by atoms with Crippen LogP contribution in [0.2, 0.25) is 18.1 Å². The van der Waals surface area contributed by atoms with E-state index in [1.165, 1.54) is 0 Å². The SMILES string of the molecule is CC(C)(C)OC(=O)N[C@H](c1cccc2ccccc12)[C@@H](O)CO[Si](C)(C)C(C)(C)C. The van der Waals surface area contributed by atoms with E-state index in [1.807, 2.05) is 63.2 Å². The van der Waals surface area contributed by atoms with Crippen molar-refractivity contribution in [3.63, 3.8) is 0 Å². The lowest BCUT2D eigenvalue weighted by atomic mass is 9.95. The van der Waals surface area contributed by atoms with E-state index >= 15 is 0 Å². The average Bonchev–Trinajstić information content (AvgIpc) is 2.61. The summed E-state index contributed by atoms with van der Waals surface area (Å²) in [5.41, 5.74) is 0.209. The van der Waals surface area contributed by atoms with E-state index in [0.29, 0.717) is 0 Å². The molecule has 166 valence electrons. The number of aliphatic hydroxyl groups is 1. The molecule has 2 aromatic rings. The Bertz CT molecular complexity index is 862. The third-order valence-corrected chi connectivity index (χ3v) is 10.1. The summed E-state index contributed by atoms with van der Waals surface area (Å²) in [4.78, 5) is 12.6. The van der Waals surface area contributed by atoms with Crippen LogP contribution >= 0.6 is 0 Å². The van der Waals surface area contributed by atoms with E-state index in [4.69, 9.17) is 9.16 Å². The van der Waals surface area contributed by atoms with Crippen LogP contribution in [0.4, 0.5) is 4.79 Å². The molecule has 0 aromatic heterocycles. The zero-order valence-corrected chi connectivity index (χ0v) is 20.6. The fourth-order valence-electron chi connectivity index (χ4n) is 2.94. The van der Waals surface area contributed by atoms with Gasteiger partial charge in [-0.15, -0.1) is 0 Å². The molecule has 0 saturated heterocycles. The summed E-state index contributed by atoms with van der Waals surface area (Å²) >= 11 is 0. The number of alkyl carbamates (subject to hydrolysis) is 1. The predicted molar refractivity (Wildman–Crippen MR) is 125 cm³/mol. The predicted octanol–water partition coefficient (Wildman–Crippen LogP) is 5.79. The normalized spacial score (nSPS) is 15.0. The second-order valence-corrected chi connectivity index (χ2v) is 15.1. The molecule has 0 aliphatic carbocycles. The van der Waals surface area contributed by atoms with Gasteiger partial charge >= 0.3 is 6.09 Å². The van der Waals surface area contributed by atoms with Crippen molar-refractivity contribution < 1.29 is 19.1 Å². The van der Waals surface area contributed by atoms with Crippen molar-refractivity contribution in [3.8, 4) is 0 Å². The third kappa shape index (κ3) is 6.30. The smallest absolute Gasteiger partial charge is 0.408 e. The molecule has 0 heterocycles. The minimum Gasteiger partial charge on any atom is -0.444 e. The average molecular weight is 432 g/mol. The van der Waals surface area contributed by atoms with Gasteiger partial charge in [0.1, 0.15) is 11.7 Å². The minimum absolute atomic E-state index is 0.0280. The van der Waals surface area contributed by atoms with E-state index in [0.717, 1.165) is 16.3 Å². The Balaban J connectivity index is 2.35. The number of nitrogens with one attached hydrogen (secondary N) is 1. The number of hydrogen-bond donors (Lipinski definition) is 2. The van der Waals surface area contributed by atoms with Gasteiger partial charge in [0.2, 0.25) is 0 Å². The lowest BCUT2D eigenvalue weighted by molar-refractivity contribution is 0.0332. The first-order valence-electron chi connectivity index (χ1n) is 10.5. The fraction of sp³-hybridized carbons (Fsp3) is 0.542. The zero-order chi connectivity index (χ0) is 22.7. The first-order valence-corrected chi connectivity index (χ1v) is 13.4. The summed E-state index contributed by atoms with van der Waals surface area (Å²) in [6.07, 6.45) is -1.48. The quantitative estimate of drug-likeness (QED) is 0.568. The monoisotopic (exact) mass is 431 g/mol. The number of hydrogen-bond acceptors (Lipinski definition) is 4. The Labute approximate surface area is 181 Å². The summed E-state index contributed by atoms with van der Waals surface area (Å²) in [7, 11) is -2.05. The molecule has 1 amide bonds. The molecule has 0 fully saturated rings. The van der Waals surface area contributed by atoms with Gasteiger partial charge < -0.3 is 19.6 Å². The van der Waals surface area contributed by atoms with E-state index < -0.39 is 32.2 Å². The van der Waals surface area contributed by atoms with Crippen molar-refractivity contribution in [1.29, 1.82) is 0 Å². The van der Waals surface area contributed by atoms with Gasteiger partial charge in [-0.2, -0.15) is 0 Å². The van der Waals surface area contributed by atoms with Crippen LogP contribution in [0.25, 0.3) is 10.8 Å². The second-order valence-electron chi connectivity index (χ2n) is 10.3. The molecule has 0 radical (unpaired) electrons. The van der Waals surface area contributed by atoms with Crippen LogP contribution in [0.1, 0.15) is 53.1 Å². The number of amides is 1. The molecule has 0 unspecified atom stereocenters. The van der Waals surface area contributed by atoms with Crippen LogP contribution in [0.3, 0.4) is 0 Å². The molecule has 0 aliphatic rings. The van der Waals surface area contributed by atoms with Crippen LogP contribution in [0.15, 0.2) is 42.5 Å². The van der Waals surface area contributed by atoms with Gasteiger partial charge in [-0.3, -0.25) is 0 Å². The molecule has 0 spiro atoms. The van der Waals surface area contributed by atoms with Crippen LogP contribution in [-0.4, -0.2) is 37.8 Å². The van der Waals surface area contributed by atoms with Gasteiger partial charge in [-0.1, -0.05) is 63.2 Å². The molecule has 2 rings (SSSR count). The zero-order valence-electron chi connectivity index (χ0n) is 19.6. The highest BCUT2D eigenvalue weighted by atomic mass is 28.4. The van der Waals surface area contributed by atoms with E-state index in [9.17, 15) is 9.90 Å². The van der Waals surface area contributed by atoms with Crippen LogP contribution in [0.5, 0.6) is 0 Å². The molecular weight excluding hydrogens is 394 g/mol. The number of carbonyl (C=O) groups is 1. The minimum atomic E-state index is -2.05. The molecule has 2 aromatic carbocycles. The number of benzene rings is 2. The Hall–Kier alpha value is -1.89. The van der Waals surface area contributed by atoms with Crippen molar-refractivity contribution in [1.82, 2.24) is 5.32 Å². The van der Waals surface area contributed by atoms with Gasteiger partial charge in [-0.25, -0.2) is 4.79 Å². The number of ether oxygens (including phenoxy) is 1. The van der Waals surface area contributed by atoms with Gasteiger partial charge in [-0.05, 0) is 55.2 Å². The van der Waals surface area contributed by atoms with E-state index in [2.05, 4.69) is 39.2 Å². The maximum absolute atomic E-state index is 12.6. The maximum atomic E-state index is 12.6. The summed E-state index contributed by atoms with van der Waals surface area (Å²) < 4.78 is 11.7. The van der Waals surface area contributed by atoms with Crippen LogP contribution in [0, 0.1) is 0 Å². The lowest BCUT2D eigenvalue weighted by Gasteiger charge is -2.37. The molecule has 2 atom stereocenters. The summed E-state index contributed by atoms with van der Waals surface area (Å²) in [5, 5.41) is 16.1. The largest absolute Gasteiger partial charge is 0.444 e. The summed E-state index contributed by atoms with van der Waals surface area (Å²) in [5.74, 6) is 0. The van der Waals surface area contributed by atoms with Gasteiger partial charge in [0.25, 0.3) is 0 Å². The Morgan fingerprint density at radius 1 is 1.03 bits per heavy atom. The molecule has 0 bridgehead atoms. The van der Waals surface area contributed by atoms with Crippen molar-refractivity contribution in [2.24, 2.45) is 0 Å². The molecule has 2 N–H and O–H groups in total. The van der Waals surface area contributed by atoms with Gasteiger partial charge in [0.15, 0.2) is 8.32 Å². The highest BCUT2D eigenvalue weighted by Gasteiger charge is 2.38. The van der Waals surface area contributed by atoms with Crippen LogP contribution in [-0.2, 0) is 9.16 Å². The molecule has 6 heteroatoms. The number of rotatable bonds is 6. The van der Waals surface area contributed by atoms with Crippen molar-refractivity contribution in [2.45, 2.75) is 77.4 Å². The fourth-order valence-corrected chi connectivity index (χ4v) is 3.96. The molecule has 30 heavy (non-hydrogen) atoms. The van der Waals surface area contributed by atoms with Crippen molar-refractivity contribution in [3.05, 3.63) is 48.0 Å². The molecule has 5 nitrogen and oxygen atoms in total. The number of carbonyl (C=O) groups excluding carboxylic acids is 1. The topological polar surface area (TPSA) is 67.8 Å². The Morgan fingerprint density at radius 2 is 1.63 bits per heavy atom. The van der Waals surface area contributed by atoms with Crippen molar-refractivity contribution in [2.75, 3.05) is 6.61 Å². The Kier molecular flexibility index (Phi) is 7.38. The molecule has 0 aliphatic heterocycles. The molecular formula is C24H37NO4Si. The maximum Gasteiger partial charge on any atom is 0.408 e. The first kappa shape index (κ1) is 24.4. The molecule has 0 saturated carbocycles. The highest BCUT2D eigenvalue weighted by molar-refractivity contribution is 6.74. The standard InChI is InChI=1S/C24H37NO4Si/c1-23(2,3)29-22(27)25-21(20(26)16-28-30(7,8)24(4,5)6)19-15-11-13-17-12-9-10-14-18(17)19/h9-15,20-21,26H,16H2,1-8H3,(H,25,27)/t20-,21+/m0/s1. The Morgan fingerprint density at radius 3 is 2.23 bits per heavy atom. The van der Waals surface area contributed by atoms with Crippen LogP contribution < -0.4 is 5.32 Å². The van der Waals surface area contributed by atoms with Crippen molar-refractivity contribution >= 4 is 25.2 Å². The van der Waals surface area contributed by atoms with Gasteiger partial charge in [0.05, 0.1) is 12.6 Å². The summed E-state index contributed by atoms with van der Waals surface area (Å²) in [6.45, 7) is 16.4. The van der Waals surface area contributed by atoms with E-state index in [1.54, 1.807) is 0 Å². The second kappa shape index (κ2) is 9.08.